The van der Waals surface area contributed by atoms with E-state index in [1.807, 2.05) is 24.1 Å². The van der Waals surface area contributed by atoms with Crippen molar-refractivity contribution >= 4 is 17.2 Å². The summed E-state index contributed by atoms with van der Waals surface area (Å²) in [4.78, 5) is 4.57. The Labute approximate surface area is 150 Å². The molecule has 0 radical (unpaired) electrons. The maximum absolute atomic E-state index is 4.66. The van der Waals surface area contributed by atoms with Crippen LogP contribution in [0.3, 0.4) is 0 Å². The fraction of sp³-hybridized carbons (Fsp3) is 0.611. The zero-order valence-electron chi connectivity index (χ0n) is 15.7. The van der Waals surface area contributed by atoms with E-state index in [0.29, 0.717) is 0 Å². The number of hydrogen-bond donors (Lipinski definition) is 1. The summed E-state index contributed by atoms with van der Waals surface area (Å²) in [5, 5.41) is 19.2. The molecule has 25 heavy (non-hydrogen) atoms. The second kappa shape index (κ2) is 7.39. The number of amidine groups is 1. The Bertz CT molecular complexity index is 633. The third kappa shape index (κ3) is 3.46. The molecule has 7 nitrogen and oxygen atoms in total. The summed E-state index contributed by atoms with van der Waals surface area (Å²) in [6.07, 6.45) is 0. The average molecular weight is 343 g/mol. The van der Waals surface area contributed by atoms with Gasteiger partial charge in [0.05, 0.1) is 5.69 Å². The van der Waals surface area contributed by atoms with E-state index in [2.05, 4.69) is 63.4 Å². The third-order valence-electron chi connectivity index (χ3n) is 4.96. The first-order chi connectivity index (χ1) is 12.1. The summed E-state index contributed by atoms with van der Waals surface area (Å²) in [5.41, 5.74) is 2.12. The molecule has 0 aromatic heterocycles. The van der Waals surface area contributed by atoms with Gasteiger partial charge in [0.1, 0.15) is 5.84 Å². The topological polar surface area (TPSA) is 58.8 Å². The Balaban J connectivity index is 1.74. The predicted octanol–water partition coefficient (Wildman–Crippen LogP) is 2.84. The largest absolute Gasteiger partial charge is 0.369 e. The van der Waals surface area contributed by atoms with Crippen molar-refractivity contribution in [2.24, 2.45) is 15.3 Å². The number of anilines is 1. The van der Waals surface area contributed by atoms with Gasteiger partial charge in [-0.1, -0.05) is 0 Å². The Morgan fingerprint density at radius 3 is 2.40 bits per heavy atom. The van der Waals surface area contributed by atoms with Crippen LogP contribution in [0.4, 0.5) is 11.4 Å². The summed E-state index contributed by atoms with van der Waals surface area (Å²) in [7, 11) is 0. The van der Waals surface area contributed by atoms with Crippen LogP contribution in [0.2, 0.25) is 0 Å². The molecule has 1 unspecified atom stereocenters. The lowest BCUT2D eigenvalue weighted by Crippen LogP contribution is -2.51. The minimum absolute atomic E-state index is 0.551. The van der Waals surface area contributed by atoms with Crippen LogP contribution in [0.1, 0.15) is 27.7 Å². The molecule has 2 aliphatic rings. The van der Waals surface area contributed by atoms with Crippen molar-refractivity contribution in [2.45, 2.75) is 33.5 Å². The lowest BCUT2D eigenvalue weighted by atomic mass is 10.2. The van der Waals surface area contributed by atoms with E-state index in [9.17, 15) is 0 Å². The number of azo groups is 1. The van der Waals surface area contributed by atoms with Gasteiger partial charge in [0.2, 0.25) is 5.79 Å². The fourth-order valence-electron chi connectivity index (χ4n) is 3.58. The molecule has 1 fully saturated rings. The SMILES string of the molecule is CCN1N=C(C)N(CC)C1(C)N=Nc1ccc(N2CCNCC2)cc1. The van der Waals surface area contributed by atoms with Crippen LogP contribution in [-0.2, 0) is 0 Å². The van der Waals surface area contributed by atoms with Crippen molar-refractivity contribution in [1.82, 2.24) is 15.2 Å². The second-order valence-electron chi connectivity index (χ2n) is 6.53. The van der Waals surface area contributed by atoms with Gasteiger partial charge in [-0.05, 0) is 45.0 Å². The highest BCUT2D eigenvalue weighted by Crippen LogP contribution is 2.31. The average Bonchev–Trinajstić information content (AvgIpc) is 2.90. The summed E-state index contributed by atoms with van der Waals surface area (Å²) < 4.78 is 0. The number of piperazine rings is 1. The van der Waals surface area contributed by atoms with Gasteiger partial charge < -0.3 is 15.1 Å². The van der Waals surface area contributed by atoms with Crippen molar-refractivity contribution in [3.63, 3.8) is 0 Å². The lowest BCUT2D eigenvalue weighted by Gasteiger charge is -2.36. The first kappa shape index (κ1) is 17.7. The van der Waals surface area contributed by atoms with Gasteiger partial charge in [-0.2, -0.15) is 10.2 Å². The van der Waals surface area contributed by atoms with Gasteiger partial charge in [-0.3, -0.25) is 0 Å². The fourth-order valence-corrected chi connectivity index (χ4v) is 3.58. The standard InChI is InChI=1S/C18H29N7/c1-5-24-15(3)21-25(6-2)18(24,4)22-20-16-7-9-17(10-8-16)23-13-11-19-12-14-23/h7-10,19H,5-6,11-14H2,1-4H3. The van der Waals surface area contributed by atoms with Crippen molar-refractivity contribution in [1.29, 1.82) is 0 Å². The monoisotopic (exact) mass is 343 g/mol. The molecular weight excluding hydrogens is 314 g/mol. The van der Waals surface area contributed by atoms with Crippen LogP contribution in [0.25, 0.3) is 0 Å². The summed E-state index contributed by atoms with van der Waals surface area (Å²) in [5.74, 6) is 0.435. The molecule has 2 aliphatic heterocycles. The van der Waals surface area contributed by atoms with Gasteiger partial charge in [-0.25, -0.2) is 5.01 Å². The molecule has 1 N–H and O–H groups in total. The number of hydrazone groups is 1. The van der Waals surface area contributed by atoms with Crippen molar-refractivity contribution in [2.75, 3.05) is 44.2 Å². The number of nitrogens with one attached hydrogen (secondary N) is 1. The smallest absolute Gasteiger partial charge is 0.242 e. The van der Waals surface area contributed by atoms with Gasteiger partial charge in [0.15, 0.2) is 0 Å². The highest BCUT2D eigenvalue weighted by Gasteiger charge is 2.42. The quantitative estimate of drug-likeness (QED) is 0.835. The molecule has 7 heteroatoms. The van der Waals surface area contributed by atoms with Crippen LogP contribution >= 0.6 is 0 Å². The van der Waals surface area contributed by atoms with E-state index < -0.39 is 5.79 Å². The van der Waals surface area contributed by atoms with Crippen LogP contribution in [0, 0.1) is 0 Å². The van der Waals surface area contributed by atoms with Crippen LogP contribution in [-0.4, -0.2) is 60.8 Å². The van der Waals surface area contributed by atoms with E-state index in [4.69, 9.17) is 0 Å². The van der Waals surface area contributed by atoms with Gasteiger partial charge in [0, 0.05) is 51.9 Å². The molecule has 2 heterocycles. The summed E-state index contributed by atoms with van der Waals surface area (Å²) >= 11 is 0. The molecule has 1 aromatic rings. The van der Waals surface area contributed by atoms with E-state index in [1.165, 1.54) is 5.69 Å². The maximum atomic E-state index is 4.66. The second-order valence-corrected chi connectivity index (χ2v) is 6.53. The highest BCUT2D eigenvalue weighted by atomic mass is 15.7. The maximum Gasteiger partial charge on any atom is 0.242 e. The number of nitrogens with zero attached hydrogens (tertiary/aromatic N) is 6. The molecule has 136 valence electrons. The molecule has 0 aliphatic carbocycles. The first-order valence-electron chi connectivity index (χ1n) is 9.17. The third-order valence-corrected chi connectivity index (χ3v) is 4.96. The molecule has 0 bridgehead atoms. The van der Waals surface area contributed by atoms with Crippen LogP contribution in [0.15, 0.2) is 39.6 Å². The van der Waals surface area contributed by atoms with Crippen molar-refractivity contribution in [3.05, 3.63) is 24.3 Å². The van der Waals surface area contributed by atoms with Crippen molar-refractivity contribution < 1.29 is 0 Å². The molecule has 3 rings (SSSR count). The van der Waals surface area contributed by atoms with Gasteiger partial charge in [0.25, 0.3) is 0 Å². The van der Waals surface area contributed by atoms with Gasteiger partial charge in [-0.15, -0.1) is 5.11 Å². The van der Waals surface area contributed by atoms with Crippen molar-refractivity contribution in [3.8, 4) is 0 Å². The number of hydrogen-bond acceptors (Lipinski definition) is 7. The van der Waals surface area contributed by atoms with Crippen LogP contribution in [0.5, 0.6) is 0 Å². The van der Waals surface area contributed by atoms with Gasteiger partial charge >= 0.3 is 0 Å². The molecular formula is C18H29N7. The molecule has 1 saturated heterocycles. The summed E-state index contributed by atoms with van der Waals surface area (Å²) in [6.45, 7) is 14.1. The predicted molar refractivity (Wildman–Crippen MR) is 102 cm³/mol. The summed E-state index contributed by atoms with van der Waals surface area (Å²) in [6, 6.07) is 8.35. The van der Waals surface area contributed by atoms with E-state index in [-0.39, 0.29) is 0 Å². The molecule has 1 atom stereocenters. The zero-order chi connectivity index (χ0) is 17.9. The molecule has 0 spiro atoms. The first-order valence-corrected chi connectivity index (χ1v) is 9.17. The lowest BCUT2D eigenvalue weighted by molar-refractivity contribution is 0.0363. The zero-order valence-corrected chi connectivity index (χ0v) is 15.7. The number of benzene rings is 1. The highest BCUT2D eigenvalue weighted by molar-refractivity contribution is 5.81. The molecule has 1 aromatic carbocycles. The Morgan fingerprint density at radius 2 is 1.80 bits per heavy atom. The molecule has 0 amide bonds. The van der Waals surface area contributed by atoms with E-state index in [0.717, 1.165) is 50.8 Å². The Morgan fingerprint density at radius 1 is 1.12 bits per heavy atom. The Hall–Kier alpha value is -2.15. The molecule has 0 saturated carbocycles. The van der Waals surface area contributed by atoms with Crippen LogP contribution < -0.4 is 10.2 Å². The number of rotatable bonds is 5. The normalized spacial score (nSPS) is 24.3. The van der Waals surface area contributed by atoms with E-state index in [1.54, 1.807) is 0 Å². The minimum atomic E-state index is -0.551. The van der Waals surface area contributed by atoms with E-state index >= 15 is 0 Å². The minimum Gasteiger partial charge on any atom is -0.369 e. The Kier molecular flexibility index (Phi) is 5.22.